The van der Waals surface area contributed by atoms with E-state index in [9.17, 15) is 5.11 Å². The maximum absolute atomic E-state index is 9.79. The topological polar surface area (TPSA) is 57.2 Å². The lowest BCUT2D eigenvalue weighted by molar-refractivity contribution is 0.00578. The molecule has 2 heterocycles. The highest BCUT2D eigenvalue weighted by atomic mass is 16.7. The summed E-state index contributed by atoms with van der Waals surface area (Å²) in [6.45, 7) is 18.5. The van der Waals surface area contributed by atoms with Crippen molar-refractivity contribution in [2.75, 3.05) is 0 Å². The maximum Gasteiger partial charge on any atom is 0.494 e. The molecule has 158 valence electrons. The summed E-state index contributed by atoms with van der Waals surface area (Å²) in [5, 5.41) is 9.79. The Labute approximate surface area is 176 Å². The van der Waals surface area contributed by atoms with Gasteiger partial charge in [-0.15, -0.1) is 0 Å². The minimum atomic E-state index is -0.557. The highest BCUT2D eigenvalue weighted by molar-refractivity contribution is 6.74. The van der Waals surface area contributed by atoms with Gasteiger partial charge in [-0.3, -0.25) is 0 Å². The van der Waals surface area contributed by atoms with Crippen molar-refractivity contribution in [2.24, 2.45) is 0 Å². The van der Waals surface area contributed by atoms with E-state index in [0.717, 1.165) is 22.9 Å². The molecule has 0 saturated carbocycles. The molecule has 2 fully saturated rings. The van der Waals surface area contributed by atoms with Crippen LogP contribution in [0.3, 0.4) is 0 Å². The molecule has 5 nitrogen and oxygen atoms in total. The van der Waals surface area contributed by atoms with Crippen molar-refractivity contribution in [3.05, 3.63) is 35.3 Å². The highest BCUT2D eigenvalue weighted by Gasteiger charge is 2.56. The summed E-state index contributed by atoms with van der Waals surface area (Å²) in [7, 11) is -1.05. The fraction of sp³-hybridized carbons (Fsp3) is 0.636. The van der Waals surface area contributed by atoms with Crippen LogP contribution in [0.4, 0.5) is 0 Å². The van der Waals surface area contributed by atoms with E-state index in [2.05, 4.69) is 34.6 Å². The first-order chi connectivity index (χ1) is 13.2. The van der Waals surface area contributed by atoms with Crippen LogP contribution >= 0.6 is 0 Å². The van der Waals surface area contributed by atoms with Crippen molar-refractivity contribution >= 4 is 19.7 Å². The first-order valence-electron chi connectivity index (χ1n) is 10.4. The lowest BCUT2D eigenvalue weighted by Crippen LogP contribution is -2.41. The second kappa shape index (κ2) is 7.16. The van der Waals surface area contributed by atoms with Gasteiger partial charge in [0.2, 0.25) is 0 Å². The fourth-order valence-electron chi connectivity index (χ4n) is 3.54. The number of phenols is 1. The van der Waals surface area contributed by atoms with E-state index in [4.69, 9.17) is 18.6 Å². The minimum Gasteiger partial charge on any atom is -0.508 e. The van der Waals surface area contributed by atoms with Gasteiger partial charge in [-0.25, -0.2) is 0 Å². The predicted molar refractivity (Wildman–Crippen MR) is 117 cm³/mol. The van der Waals surface area contributed by atoms with Crippen molar-refractivity contribution in [2.45, 2.75) is 91.1 Å². The van der Waals surface area contributed by atoms with E-state index in [1.807, 2.05) is 39.8 Å². The second-order valence-electron chi connectivity index (χ2n) is 10.0. The fourth-order valence-corrected chi connectivity index (χ4v) is 3.54. The first-order valence-corrected chi connectivity index (χ1v) is 10.4. The monoisotopic (exact) mass is 400 g/mol. The summed E-state index contributed by atoms with van der Waals surface area (Å²) >= 11 is 0. The third kappa shape index (κ3) is 3.90. The molecule has 0 bridgehead atoms. The van der Waals surface area contributed by atoms with Gasteiger partial charge in [0, 0.05) is 0 Å². The highest BCUT2D eigenvalue weighted by Crippen LogP contribution is 2.45. The molecule has 2 saturated heterocycles. The molecule has 0 atom stereocenters. The normalized spacial score (nSPS) is 25.3. The van der Waals surface area contributed by atoms with E-state index < -0.39 is 36.6 Å². The zero-order chi connectivity index (χ0) is 21.8. The molecule has 2 aliphatic rings. The van der Waals surface area contributed by atoms with Gasteiger partial charge in [0.15, 0.2) is 0 Å². The molecular formula is C22H34B2O5. The van der Waals surface area contributed by atoms with Crippen LogP contribution in [-0.4, -0.2) is 41.7 Å². The third-order valence-corrected chi connectivity index (χ3v) is 6.93. The van der Waals surface area contributed by atoms with Crippen LogP contribution in [0.2, 0.25) is 0 Å². The summed E-state index contributed by atoms with van der Waals surface area (Å²) < 4.78 is 25.5. The van der Waals surface area contributed by atoms with Crippen molar-refractivity contribution in [3.63, 3.8) is 0 Å². The molecule has 0 unspecified atom stereocenters. The van der Waals surface area contributed by atoms with Gasteiger partial charge in [0.25, 0.3) is 0 Å². The molecular weight excluding hydrogens is 366 g/mol. The van der Waals surface area contributed by atoms with Crippen LogP contribution in [0.5, 0.6) is 5.75 Å². The molecule has 7 heteroatoms. The van der Waals surface area contributed by atoms with Gasteiger partial charge in [0.1, 0.15) is 5.75 Å². The zero-order valence-corrected chi connectivity index (χ0v) is 19.3. The summed E-state index contributed by atoms with van der Waals surface area (Å²) in [6, 6.07) is 7.13. The molecule has 3 rings (SSSR count). The van der Waals surface area contributed by atoms with E-state index in [0.29, 0.717) is 0 Å². The molecule has 0 radical (unpaired) electrons. The Morgan fingerprint density at radius 3 is 1.48 bits per heavy atom. The second-order valence-corrected chi connectivity index (χ2v) is 10.0. The predicted octanol–water partition coefficient (Wildman–Crippen LogP) is 4.82. The van der Waals surface area contributed by atoms with Crippen LogP contribution in [0, 0.1) is 0 Å². The SMILES string of the molecule is CC/C(B1OC(C)(C)C(C)(C)O1)=C(\B1OC(C)(C)C(C)(C)O1)c1ccc(O)cc1. The summed E-state index contributed by atoms with van der Waals surface area (Å²) in [6.07, 6.45) is 0.719. The molecule has 0 aromatic heterocycles. The molecule has 1 aromatic carbocycles. The smallest absolute Gasteiger partial charge is 0.494 e. The van der Waals surface area contributed by atoms with Crippen molar-refractivity contribution in [1.29, 1.82) is 0 Å². The van der Waals surface area contributed by atoms with E-state index in [1.54, 1.807) is 12.1 Å². The van der Waals surface area contributed by atoms with Gasteiger partial charge < -0.3 is 23.7 Å². The number of hydrogen-bond acceptors (Lipinski definition) is 5. The van der Waals surface area contributed by atoms with Crippen LogP contribution in [-0.2, 0) is 18.6 Å². The van der Waals surface area contributed by atoms with Gasteiger partial charge >= 0.3 is 14.2 Å². The standard InChI is InChI=1S/C22H34B2O5/c1-10-17(23-26-19(2,3)20(4,5)27-23)18(15-11-13-16(25)14-12-15)24-28-21(6,7)22(8,9)29-24/h11-14,25H,10H2,1-9H3/b18-17+. The molecule has 1 N–H and O–H groups in total. The lowest BCUT2D eigenvalue weighted by atomic mass is 9.61. The molecule has 2 aliphatic heterocycles. The number of phenolic OH excluding ortho intramolecular Hbond substituents is 1. The van der Waals surface area contributed by atoms with Gasteiger partial charge in [0.05, 0.1) is 22.4 Å². The summed E-state index contributed by atoms with van der Waals surface area (Å²) in [5.41, 5.74) is 1.02. The van der Waals surface area contributed by atoms with Gasteiger partial charge in [-0.2, -0.15) is 0 Å². The Balaban J connectivity index is 2.13. The molecule has 29 heavy (non-hydrogen) atoms. The van der Waals surface area contributed by atoms with Crippen molar-refractivity contribution in [1.82, 2.24) is 0 Å². The Kier molecular flexibility index (Phi) is 5.53. The van der Waals surface area contributed by atoms with E-state index in [-0.39, 0.29) is 5.75 Å². The molecule has 0 aliphatic carbocycles. The van der Waals surface area contributed by atoms with E-state index in [1.165, 1.54) is 0 Å². The van der Waals surface area contributed by atoms with Crippen LogP contribution in [0.1, 0.15) is 74.3 Å². The Bertz CT molecular complexity index is 764. The van der Waals surface area contributed by atoms with Crippen molar-refractivity contribution in [3.8, 4) is 5.75 Å². The molecule has 1 aromatic rings. The van der Waals surface area contributed by atoms with E-state index >= 15 is 0 Å². The summed E-state index contributed by atoms with van der Waals surface area (Å²) in [4.78, 5) is 0. The Hall–Kier alpha value is -1.27. The average molecular weight is 400 g/mol. The summed E-state index contributed by atoms with van der Waals surface area (Å²) in [5.74, 6) is 0.218. The Morgan fingerprint density at radius 2 is 1.10 bits per heavy atom. The minimum absolute atomic E-state index is 0.218. The van der Waals surface area contributed by atoms with Crippen LogP contribution in [0.15, 0.2) is 29.7 Å². The largest absolute Gasteiger partial charge is 0.508 e. The number of aromatic hydroxyl groups is 1. The Morgan fingerprint density at radius 1 is 0.724 bits per heavy atom. The third-order valence-electron chi connectivity index (χ3n) is 6.93. The number of allylic oxidation sites excluding steroid dienone is 1. The molecule has 0 amide bonds. The quantitative estimate of drug-likeness (QED) is 0.735. The average Bonchev–Trinajstić information content (AvgIpc) is 2.92. The van der Waals surface area contributed by atoms with Crippen LogP contribution in [0.25, 0.3) is 5.47 Å². The zero-order valence-electron chi connectivity index (χ0n) is 19.3. The number of benzene rings is 1. The van der Waals surface area contributed by atoms with Crippen molar-refractivity contribution < 1.29 is 23.7 Å². The van der Waals surface area contributed by atoms with Gasteiger partial charge in [-0.1, -0.05) is 19.1 Å². The lowest BCUT2D eigenvalue weighted by Gasteiger charge is -2.32. The maximum atomic E-state index is 9.79. The van der Waals surface area contributed by atoms with Gasteiger partial charge in [-0.05, 0) is 90.5 Å². The number of rotatable bonds is 4. The number of hydrogen-bond donors (Lipinski definition) is 1. The first kappa shape index (κ1) is 22.4. The molecule has 0 spiro atoms. The van der Waals surface area contributed by atoms with Crippen LogP contribution < -0.4 is 0 Å².